The van der Waals surface area contributed by atoms with Crippen molar-refractivity contribution in [2.45, 2.75) is 0 Å². The number of nitrogens with zero attached hydrogens (tertiary/aromatic N) is 3. The summed E-state index contributed by atoms with van der Waals surface area (Å²) in [6, 6.07) is 17.8. The summed E-state index contributed by atoms with van der Waals surface area (Å²) in [7, 11) is 0. The van der Waals surface area contributed by atoms with E-state index in [4.69, 9.17) is 4.99 Å². The molecule has 1 aliphatic heterocycles. The van der Waals surface area contributed by atoms with Crippen LogP contribution in [0.1, 0.15) is 11.1 Å². The zero-order chi connectivity index (χ0) is 17.3. The van der Waals surface area contributed by atoms with Gasteiger partial charge in [-0.1, -0.05) is 76.6 Å². The summed E-state index contributed by atoms with van der Waals surface area (Å²) < 4.78 is 1.01. The maximum atomic E-state index is 4.72. The van der Waals surface area contributed by atoms with Gasteiger partial charge in [-0.2, -0.15) is 0 Å². The summed E-state index contributed by atoms with van der Waals surface area (Å²) in [5, 5.41) is 0. The van der Waals surface area contributed by atoms with Gasteiger partial charge in [-0.3, -0.25) is 0 Å². The molecule has 2 aromatic carbocycles. The second kappa shape index (κ2) is 8.85. The molecule has 3 rings (SSSR count). The first-order valence-corrected chi connectivity index (χ1v) is 8.62. The molecule has 3 nitrogen and oxygen atoms in total. The predicted octanol–water partition coefficient (Wildman–Crippen LogP) is 5.35. The number of allylic oxidation sites excluding steroid dienone is 5. The largest absolute Gasteiger partial charge is 0.237 e. The van der Waals surface area contributed by atoms with Crippen LogP contribution in [0.25, 0.3) is 0 Å². The first-order valence-electron chi connectivity index (χ1n) is 7.83. The average molecular weight is 390 g/mol. The van der Waals surface area contributed by atoms with Gasteiger partial charge in [0.15, 0.2) is 11.7 Å². The molecule has 0 unspecified atom stereocenters. The zero-order valence-electron chi connectivity index (χ0n) is 13.5. The fourth-order valence-corrected chi connectivity index (χ4v) is 2.41. The molecule has 0 fully saturated rings. The Morgan fingerprint density at radius 1 is 0.640 bits per heavy atom. The minimum absolute atomic E-state index is 0.609. The third-order valence-electron chi connectivity index (χ3n) is 3.36. The summed E-state index contributed by atoms with van der Waals surface area (Å²) >= 11 is 3.46. The Bertz CT molecular complexity index is 886. The van der Waals surface area contributed by atoms with E-state index in [9.17, 15) is 0 Å². The second-order valence-corrected chi connectivity index (χ2v) is 6.07. The number of hydrogen-bond acceptors (Lipinski definition) is 3. The minimum atomic E-state index is 0.609. The van der Waals surface area contributed by atoms with E-state index in [1.54, 1.807) is 12.4 Å². The van der Waals surface area contributed by atoms with Gasteiger partial charge in [0.25, 0.3) is 0 Å². The van der Waals surface area contributed by atoms with E-state index in [-0.39, 0.29) is 0 Å². The van der Waals surface area contributed by atoms with Gasteiger partial charge in [0.2, 0.25) is 0 Å². The van der Waals surface area contributed by atoms with Crippen LogP contribution >= 0.6 is 15.9 Å². The van der Waals surface area contributed by atoms with Crippen LogP contribution in [0.5, 0.6) is 0 Å². The van der Waals surface area contributed by atoms with Crippen LogP contribution in [-0.4, -0.2) is 17.9 Å². The molecule has 0 N–H and O–H groups in total. The Morgan fingerprint density at radius 2 is 1.32 bits per heavy atom. The Hall–Kier alpha value is -2.85. The maximum absolute atomic E-state index is 4.72. The Morgan fingerprint density at radius 3 is 2.12 bits per heavy atom. The van der Waals surface area contributed by atoms with Gasteiger partial charge in [-0.25, -0.2) is 15.0 Å². The highest BCUT2D eigenvalue weighted by Crippen LogP contribution is 2.13. The number of aliphatic imine (C=N–C) groups is 3. The summed E-state index contributed by atoms with van der Waals surface area (Å²) in [5.74, 6) is 1.22. The van der Waals surface area contributed by atoms with Crippen molar-refractivity contribution in [1.29, 1.82) is 0 Å². The smallest absolute Gasteiger partial charge is 0.161 e. The number of benzene rings is 2. The first kappa shape index (κ1) is 17.0. The lowest BCUT2D eigenvalue weighted by molar-refractivity contribution is 1.43. The topological polar surface area (TPSA) is 37.1 Å². The van der Waals surface area contributed by atoms with Crippen molar-refractivity contribution in [2.75, 3.05) is 0 Å². The lowest BCUT2D eigenvalue weighted by Crippen LogP contribution is -2.05. The number of rotatable bonds is 2. The fraction of sp³-hybridized carbons (Fsp3) is 0. The summed E-state index contributed by atoms with van der Waals surface area (Å²) in [5.41, 5.74) is 1.86. The molecule has 4 heteroatoms. The Labute approximate surface area is 155 Å². The van der Waals surface area contributed by atoms with E-state index >= 15 is 0 Å². The van der Waals surface area contributed by atoms with Crippen molar-refractivity contribution in [3.8, 4) is 0 Å². The molecule has 1 aliphatic rings. The summed E-state index contributed by atoms with van der Waals surface area (Å²) in [6.45, 7) is 0. The Kier molecular flexibility index (Phi) is 6.01. The highest BCUT2D eigenvalue weighted by Gasteiger charge is 2.06. The molecule has 0 atom stereocenters. The SMILES string of the molecule is Brc1ccc(C2=N\C=C/C=C\C=C\C=NC(c3ccccc3)=N2)cc1. The van der Waals surface area contributed by atoms with Gasteiger partial charge < -0.3 is 0 Å². The van der Waals surface area contributed by atoms with E-state index < -0.39 is 0 Å². The van der Waals surface area contributed by atoms with Crippen LogP contribution in [-0.2, 0) is 0 Å². The van der Waals surface area contributed by atoms with E-state index in [1.165, 1.54) is 0 Å². The van der Waals surface area contributed by atoms with Crippen LogP contribution in [0.3, 0.4) is 0 Å². The fourth-order valence-electron chi connectivity index (χ4n) is 2.14. The number of hydrogen-bond donors (Lipinski definition) is 0. The third-order valence-corrected chi connectivity index (χ3v) is 3.89. The maximum Gasteiger partial charge on any atom is 0.161 e. The molecule has 1 heterocycles. The van der Waals surface area contributed by atoms with Crippen molar-refractivity contribution >= 4 is 33.8 Å². The normalized spacial score (nSPS) is 18.3. The number of halogens is 1. The minimum Gasteiger partial charge on any atom is -0.237 e. The van der Waals surface area contributed by atoms with Crippen LogP contribution < -0.4 is 0 Å². The van der Waals surface area contributed by atoms with Gasteiger partial charge in [-0.05, 0) is 24.3 Å². The lowest BCUT2D eigenvalue weighted by Gasteiger charge is -2.05. The molecule has 0 spiro atoms. The van der Waals surface area contributed by atoms with E-state index in [0.29, 0.717) is 11.7 Å². The van der Waals surface area contributed by atoms with Crippen molar-refractivity contribution in [2.24, 2.45) is 15.0 Å². The van der Waals surface area contributed by atoms with Crippen LogP contribution in [0.15, 0.2) is 111 Å². The quantitative estimate of drug-likeness (QED) is 0.663. The van der Waals surface area contributed by atoms with Crippen LogP contribution in [0.4, 0.5) is 0 Å². The standard InChI is InChI=1S/C21H16BrN3/c22-19-13-11-18(12-14-19)21-24-16-8-3-1-2-7-15-23-20(25-21)17-9-5-4-6-10-17/h1-16H/b2-1?,3-1-,7-2+,8-3?,15-7?,16-8-,23-15?,23-20?,24-16?,24-21?,25-20?,25-21?. The average Bonchev–Trinajstić information content (AvgIpc) is 2.64. The zero-order valence-corrected chi connectivity index (χ0v) is 15.0. The highest BCUT2D eigenvalue weighted by molar-refractivity contribution is 9.10. The molecule has 0 bridgehead atoms. The van der Waals surface area contributed by atoms with Crippen molar-refractivity contribution < 1.29 is 0 Å². The molecule has 0 radical (unpaired) electrons. The molecular formula is C21H16BrN3. The highest BCUT2D eigenvalue weighted by atomic mass is 79.9. The van der Waals surface area contributed by atoms with Gasteiger partial charge >= 0.3 is 0 Å². The van der Waals surface area contributed by atoms with Gasteiger partial charge in [-0.15, -0.1) is 0 Å². The van der Waals surface area contributed by atoms with Crippen LogP contribution in [0.2, 0.25) is 0 Å². The van der Waals surface area contributed by atoms with Gasteiger partial charge in [0, 0.05) is 28.0 Å². The molecule has 0 saturated heterocycles. The first-order chi connectivity index (χ1) is 12.3. The molecule has 0 aliphatic carbocycles. The van der Waals surface area contributed by atoms with Crippen molar-refractivity contribution in [3.63, 3.8) is 0 Å². The molecule has 0 saturated carbocycles. The van der Waals surface area contributed by atoms with Crippen LogP contribution in [0, 0.1) is 0 Å². The molecule has 2 aromatic rings. The van der Waals surface area contributed by atoms with Crippen molar-refractivity contribution in [1.82, 2.24) is 0 Å². The van der Waals surface area contributed by atoms with E-state index in [2.05, 4.69) is 25.9 Å². The molecule has 0 amide bonds. The van der Waals surface area contributed by atoms with Gasteiger partial charge in [0.1, 0.15) is 0 Å². The van der Waals surface area contributed by atoms with Gasteiger partial charge in [0.05, 0.1) is 0 Å². The molecule has 25 heavy (non-hydrogen) atoms. The predicted molar refractivity (Wildman–Crippen MR) is 110 cm³/mol. The Balaban J connectivity index is 2.11. The summed E-state index contributed by atoms with van der Waals surface area (Å²) in [6.07, 6.45) is 13.0. The second-order valence-electron chi connectivity index (χ2n) is 5.15. The van der Waals surface area contributed by atoms with Crippen molar-refractivity contribution in [3.05, 3.63) is 107 Å². The molecule has 0 aromatic heterocycles. The molecular weight excluding hydrogens is 374 g/mol. The summed E-state index contributed by atoms with van der Waals surface area (Å²) in [4.78, 5) is 13.8. The van der Waals surface area contributed by atoms with E-state index in [1.807, 2.05) is 85.0 Å². The number of amidine groups is 2. The van der Waals surface area contributed by atoms with E-state index in [0.717, 1.165) is 15.6 Å². The third kappa shape index (κ3) is 5.06. The lowest BCUT2D eigenvalue weighted by atomic mass is 10.2. The molecule has 122 valence electrons. The monoisotopic (exact) mass is 389 g/mol.